The molecule has 188 valence electrons. The third kappa shape index (κ3) is 4.18. The maximum absolute atomic E-state index is 6.15. The van der Waals surface area contributed by atoms with E-state index in [1.54, 1.807) is 0 Å². The Labute approximate surface area is 234 Å². The van der Waals surface area contributed by atoms with Crippen LogP contribution in [-0.4, -0.2) is 0 Å². The summed E-state index contributed by atoms with van der Waals surface area (Å²) in [4.78, 5) is 0. The molecule has 5 aromatic carbocycles. The summed E-state index contributed by atoms with van der Waals surface area (Å²) in [5, 5.41) is 0. The maximum atomic E-state index is 6.15. The summed E-state index contributed by atoms with van der Waals surface area (Å²) in [7, 11) is 0. The van der Waals surface area contributed by atoms with E-state index in [-0.39, 0.29) is 5.41 Å². The number of hydrogen-bond donors (Lipinski definition) is 0. The molecule has 1 nitrogen and oxygen atoms in total. The predicted octanol–water partition coefficient (Wildman–Crippen LogP) is 9.69. The minimum absolute atomic E-state index is 0.0952. The van der Waals surface area contributed by atoms with Gasteiger partial charge in [-0.05, 0) is 74.2 Å². The van der Waals surface area contributed by atoms with E-state index in [2.05, 4.69) is 140 Å². The third-order valence-electron chi connectivity index (χ3n) is 7.73. The number of fused-ring (bicyclic) bond motifs is 3. The van der Waals surface area contributed by atoms with Crippen molar-refractivity contribution in [1.29, 1.82) is 0 Å². The quantitative estimate of drug-likeness (QED) is 0.204. The molecule has 38 heavy (non-hydrogen) atoms. The Balaban J connectivity index is 1.51. The van der Waals surface area contributed by atoms with Gasteiger partial charge in [-0.25, -0.2) is 0 Å². The number of halogens is 1. The van der Waals surface area contributed by atoms with Gasteiger partial charge in [-0.2, -0.15) is 0 Å². The molecule has 0 N–H and O–H groups in total. The second-order valence-electron chi connectivity index (χ2n) is 11.1. The van der Waals surface area contributed by atoms with E-state index < -0.39 is 5.41 Å². The average molecular weight is 560 g/mol. The van der Waals surface area contributed by atoms with Crippen molar-refractivity contribution < 1.29 is 4.74 Å². The van der Waals surface area contributed by atoms with E-state index in [1.165, 1.54) is 38.9 Å². The van der Waals surface area contributed by atoms with Crippen molar-refractivity contribution in [1.82, 2.24) is 0 Å². The number of ether oxygens (including phenoxy) is 1. The van der Waals surface area contributed by atoms with Crippen LogP contribution in [0.25, 0.3) is 11.1 Å². The summed E-state index contributed by atoms with van der Waals surface area (Å²) in [5.74, 6) is 0.872. The molecular weight excluding hydrogens is 528 g/mol. The van der Waals surface area contributed by atoms with Crippen LogP contribution in [0.15, 0.2) is 126 Å². The van der Waals surface area contributed by atoms with Crippen LogP contribution in [0.3, 0.4) is 0 Å². The largest absolute Gasteiger partial charge is 0.489 e. The molecule has 0 saturated carbocycles. The molecule has 0 spiro atoms. The fraction of sp³-hybridized carbons (Fsp3) is 0.167. The van der Waals surface area contributed by atoms with Crippen LogP contribution in [0, 0.1) is 0 Å². The highest BCUT2D eigenvalue weighted by Gasteiger charge is 2.46. The molecule has 1 aliphatic rings. The van der Waals surface area contributed by atoms with Crippen molar-refractivity contribution in [3.63, 3.8) is 0 Å². The predicted molar refractivity (Wildman–Crippen MR) is 161 cm³/mol. The minimum atomic E-state index is -0.427. The lowest BCUT2D eigenvalue weighted by Crippen LogP contribution is -2.28. The Morgan fingerprint density at radius 1 is 0.632 bits per heavy atom. The Hall–Kier alpha value is -3.62. The fourth-order valence-corrected chi connectivity index (χ4v) is 6.16. The van der Waals surface area contributed by atoms with E-state index in [4.69, 9.17) is 4.74 Å². The number of benzene rings is 5. The molecule has 6 rings (SSSR count). The van der Waals surface area contributed by atoms with Gasteiger partial charge in [-0.3, -0.25) is 0 Å². The van der Waals surface area contributed by atoms with Gasteiger partial charge in [0.05, 0.1) is 5.41 Å². The molecule has 0 saturated heterocycles. The van der Waals surface area contributed by atoms with Crippen LogP contribution in [-0.2, 0) is 17.4 Å². The van der Waals surface area contributed by atoms with Crippen LogP contribution in [0.4, 0.5) is 0 Å². The molecular formula is C36H31BrO. The van der Waals surface area contributed by atoms with Gasteiger partial charge in [0, 0.05) is 4.47 Å². The second-order valence-corrected chi connectivity index (χ2v) is 12.0. The highest BCUT2D eigenvalue weighted by atomic mass is 79.9. The van der Waals surface area contributed by atoms with E-state index in [1.807, 2.05) is 18.2 Å². The van der Waals surface area contributed by atoms with Crippen molar-refractivity contribution in [3.8, 4) is 16.9 Å². The summed E-state index contributed by atoms with van der Waals surface area (Å²) < 4.78 is 7.24. The smallest absolute Gasteiger partial charge is 0.119 e. The molecule has 0 radical (unpaired) electrons. The molecule has 1 atom stereocenters. The Bertz CT molecular complexity index is 1580. The molecule has 0 bridgehead atoms. The van der Waals surface area contributed by atoms with Crippen LogP contribution >= 0.6 is 15.9 Å². The molecule has 2 heteroatoms. The summed E-state index contributed by atoms with van der Waals surface area (Å²) >= 11 is 3.78. The van der Waals surface area contributed by atoms with Gasteiger partial charge in [-0.1, -0.05) is 134 Å². The van der Waals surface area contributed by atoms with Gasteiger partial charge in [-0.15, -0.1) is 0 Å². The molecule has 1 unspecified atom stereocenters. The van der Waals surface area contributed by atoms with E-state index in [0.29, 0.717) is 6.61 Å². The lowest BCUT2D eigenvalue weighted by molar-refractivity contribution is 0.306. The summed E-state index contributed by atoms with van der Waals surface area (Å²) in [6, 6.07) is 43.8. The van der Waals surface area contributed by atoms with Gasteiger partial charge < -0.3 is 4.74 Å². The maximum Gasteiger partial charge on any atom is 0.119 e. The molecule has 0 fully saturated rings. The van der Waals surface area contributed by atoms with E-state index in [9.17, 15) is 0 Å². The van der Waals surface area contributed by atoms with Gasteiger partial charge >= 0.3 is 0 Å². The first kappa shape index (κ1) is 24.7. The number of hydrogen-bond acceptors (Lipinski definition) is 1. The summed E-state index contributed by atoms with van der Waals surface area (Å²) in [5.41, 5.74) is 9.86. The normalized spacial score (nSPS) is 16.1. The fourth-order valence-electron chi connectivity index (χ4n) is 5.80. The highest BCUT2D eigenvalue weighted by Crippen LogP contribution is 2.56. The number of rotatable bonds is 5. The molecule has 0 aromatic heterocycles. The summed E-state index contributed by atoms with van der Waals surface area (Å²) in [6.07, 6.45) is 0. The Morgan fingerprint density at radius 3 is 1.92 bits per heavy atom. The van der Waals surface area contributed by atoms with Crippen molar-refractivity contribution >= 4 is 15.9 Å². The Morgan fingerprint density at radius 2 is 1.24 bits per heavy atom. The molecule has 1 aliphatic carbocycles. The van der Waals surface area contributed by atoms with Crippen molar-refractivity contribution in [2.75, 3.05) is 0 Å². The van der Waals surface area contributed by atoms with Gasteiger partial charge in [0.15, 0.2) is 0 Å². The van der Waals surface area contributed by atoms with Gasteiger partial charge in [0.1, 0.15) is 12.4 Å². The first-order valence-corrected chi connectivity index (χ1v) is 13.9. The zero-order chi connectivity index (χ0) is 26.3. The van der Waals surface area contributed by atoms with Crippen LogP contribution in [0.5, 0.6) is 5.75 Å². The molecule has 5 aromatic rings. The van der Waals surface area contributed by atoms with Crippen molar-refractivity contribution in [2.45, 2.75) is 38.2 Å². The SMILES string of the molecule is CC(C)(C)c1ccc(C2(c3ccc(OCc4ccccc4)cc3)c3ccccc3-c3ccc(Br)cc32)cc1. The monoisotopic (exact) mass is 558 g/mol. The average Bonchev–Trinajstić information content (AvgIpc) is 3.22. The van der Waals surface area contributed by atoms with Gasteiger partial charge in [0.2, 0.25) is 0 Å². The summed E-state index contributed by atoms with van der Waals surface area (Å²) in [6.45, 7) is 7.36. The van der Waals surface area contributed by atoms with Crippen LogP contribution in [0.2, 0.25) is 0 Å². The third-order valence-corrected chi connectivity index (χ3v) is 8.22. The van der Waals surface area contributed by atoms with Crippen LogP contribution < -0.4 is 4.74 Å². The minimum Gasteiger partial charge on any atom is -0.489 e. The van der Waals surface area contributed by atoms with E-state index in [0.717, 1.165) is 15.8 Å². The second kappa shape index (κ2) is 9.60. The highest BCUT2D eigenvalue weighted by molar-refractivity contribution is 9.10. The molecule has 0 aliphatic heterocycles. The lowest BCUT2D eigenvalue weighted by Gasteiger charge is -2.34. The van der Waals surface area contributed by atoms with Gasteiger partial charge in [0.25, 0.3) is 0 Å². The zero-order valence-corrected chi connectivity index (χ0v) is 23.6. The standard InChI is InChI=1S/C36H31BrO/c1-35(2,3)26-13-15-27(16-14-26)36(28-17-20-30(21-18-28)38-24-25-9-5-4-6-10-25)33-12-8-7-11-31(33)32-22-19-29(37)23-34(32)36/h4-23H,24H2,1-3H3. The molecule has 0 heterocycles. The van der Waals surface area contributed by atoms with Crippen LogP contribution in [0.1, 0.15) is 54.2 Å². The first-order valence-electron chi connectivity index (χ1n) is 13.2. The Kier molecular flexibility index (Phi) is 6.24. The van der Waals surface area contributed by atoms with Crippen molar-refractivity contribution in [3.05, 3.63) is 159 Å². The first-order chi connectivity index (χ1) is 18.4. The lowest BCUT2D eigenvalue weighted by atomic mass is 9.67. The van der Waals surface area contributed by atoms with Crippen molar-refractivity contribution in [2.24, 2.45) is 0 Å². The van der Waals surface area contributed by atoms with E-state index >= 15 is 0 Å². The topological polar surface area (TPSA) is 9.23 Å². The molecule has 0 amide bonds. The zero-order valence-electron chi connectivity index (χ0n) is 22.0.